The van der Waals surface area contributed by atoms with E-state index in [0.29, 0.717) is 0 Å². The van der Waals surface area contributed by atoms with Crippen molar-refractivity contribution in [3.63, 3.8) is 0 Å². The van der Waals surface area contributed by atoms with E-state index < -0.39 is 0 Å². The Bertz CT molecular complexity index is 2410. The molecule has 0 aliphatic rings. The molecule has 0 N–H and O–H groups in total. The third-order valence-electron chi connectivity index (χ3n) is 8.73. The van der Waals surface area contributed by atoms with Crippen molar-refractivity contribution in [1.82, 2.24) is 4.57 Å². The monoisotopic (exact) mass is 519 g/mol. The second kappa shape index (κ2) is 8.55. The van der Waals surface area contributed by atoms with Crippen molar-refractivity contribution < 1.29 is 0 Å². The summed E-state index contributed by atoms with van der Waals surface area (Å²) in [4.78, 5) is 0. The van der Waals surface area contributed by atoms with Gasteiger partial charge in [0, 0.05) is 26.9 Å². The van der Waals surface area contributed by atoms with Crippen LogP contribution in [0.25, 0.3) is 81.7 Å². The van der Waals surface area contributed by atoms with Gasteiger partial charge in [-0.2, -0.15) is 0 Å². The lowest BCUT2D eigenvalue weighted by Crippen LogP contribution is -1.99. The molecule has 1 aromatic heterocycles. The minimum absolute atomic E-state index is 1.23. The third-order valence-corrected chi connectivity index (χ3v) is 8.73. The van der Waals surface area contributed by atoms with Gasteiger partial charge in [0.1, 0.15) is 0 Å². The minimum Gasteiger partial charge on any atom is -0.307 e. The fourth-order valence-electron chi connectivity index (χ4n) is 7.04. The fraction of sp³-hybridized carbons (Fsp3) is 0. The van der Waals surface area contributed by atoms with Crippen molar-refractivity contribution in [1.29, 1.82) is 0 Å². The molecule has 0 spiro atoms. The summed E-state index contributed by atoms with van der Waals surface area (Å²) in [7, 11) is 0. The van der Waals surface area contributed by atoms with Gasteiger partial charge in [0.2, 0.25) is 0 Å². The normalized spacial score (nSPS) is 11.9. The number of benzene rings is 8. The zero-order valence-corrected chi connectivity index (χ0v) is 22.4. The molecule has 9 aromatic rings. The molecule has 41 heavy (non-hydrogen) atoms. The molecule has 8 aromatic carbocycles. The topological polar surface area (TPSA) is 4.93 Å². The number of aromatic nitrogens is 1. The highest BCUT2D eigenvalue weighted by molar-refractivity contribution is 6.28. The van der Waals surface area contributed by atoms with Crippen LogP contribution in [0.3, 0.4) is 0 Å². The summed E-state index contributed by atoms with van der Waals surface area (Å²) >= 11 is 0. The zero-order valence-electron chi connectivity index (χ0n) is 22.4. The quantitative estimate of drug-likeness (QED) is 0.200. The summed E-state index contributed by atoms with van der Waals surface area (Å²) in [5, 5.41) is 12.7. The summed E-state index contributed by atoms with van der Waals surface area (Å²) in [6, 6.07) is 55.5. The molecule has 0 aliphatic heterocycles. The summed E-state index contributed by atoms with van der Waals surface area (Å²) < 4.78 is 2.55. The summed E-state index contributed by atoms with van der Waals surface area (Å²) in [5.41, 5.74) is 6.26. The van der Waals surface area contributed by atoms with Gasteiger partial charge >= 0.3 is 0 Å². The summed E-state index contributed by atoms with van der Waals surface area (Å²) in [5.74, 6) is 0. The van der Waals surface area contributed by atoms with E-state index in [9.17, 15) is 0 Å². The maximum Gasteiger partial charge on any atom is 0.0620 e. The Hall–Kier alpha value is -5.40. The number of hydrogen-bond donors (Lipinski definition) is 0. The lowest BCUT2D eigenvalue weighted by Gasteiger charge is -2.20. The van der Waals surface area contributed by atoms with Crippen molar-refractivity contribution in [2.45, 2.75) is 0 Å². The molecular weight excluding hydrogens is 494 g/mol. The van der Waals surface area contributed by atoms with Crippen LogP contribution in [0.5, 0.6) is 0 Å². The summed E-state index contributed by atoms with van der Waals surface area (Å²) in [6.07, 6.45) is 0. The Labute approximate surface area is 237 Å². The maximum absolute atomic E-state index is 2.55. The van der Waals surface area contributed by atoms with Gasteiger partial charge in [0.05, 0.1) is 16.7 Å². The summed E-state index contributed by atoms with van der Waals surface area (Å²) in [6.45, 7) is 0. The van der Waals surface area contributed by atoms with E-state index in [-0.39, 0.29) is 0 Å². The minimum atomic E-state index is 1.23. The second-order valence-electron chi connectivity index (χ2n) is 10.9. The Morgan fingerprint density at radius 1 is 0.341 bits per heavy atom. The van der Waals surface area contributed by atoms with E-state index in [0.717, 1.165) is 0 Å². The van der Waals surface area contributed by atoms with Gasteiger partial charge in [-0.3, -0.25) is 0 Å². The van der Waals surface area contributed by atoms with E-state index in [1.165, 1.54) is 81.7 Å². The van der Waals surface area contributed by atoms with Crippen molar-refractivity contribution in [3.05, 3.63) is 152 Å². The van der Waals surface area contributed by atoms with Crippen molar-refractivity contribution in [2.75, 3.05) is 0 Å². The van der Waals surface area contributed by atoms with Crippen molar-refractivity contribution >= 4 is 64.9 Å². The second-order valence-corrected chi connectivity index (χ2v) is 10.9. The molecular formula is C40H25N. The van der Waals surface area contributed by atoms with Gasteiger partial charge in [-0.05, 0) is 44.1 Å². The molecule has 0 fully saturated rings. The number of rotatable bonds is 2. The van der Waals surface area contributed by atoms with E-state index in [1.54, 1.807) is 0 Å². The highest BCUT2D eigenvalue weighted by atomic mass is 15.0. The van der Waals surface area contributed by atoms with Gasteiger partial charge in [0.15, 0.2) is 0 Å². The van der Waals surface area contributed by atoms with Crippen LogP contribution in [0, 0.1) is 0 Å². The molecule has 9 rings (SSSR count). The lowest BCUT2D eigenvalue weighted by atomic mass is 9.90. The molecule has 0 saturated heterocycles. The smallest absolute Gasteiger partial charge is 0.0620 e. The molecule has 0 saturated carbocycles. The molecule has 0 unspecified atom stereocenters. The van der Waals surface area contributed by atoms with Crippen LogP contribution in [0.4, 0.5) is 0 Å². The van der Waals surface area contributed by atoms with Crippen LogP contribution in [-0.2, 0) is 0 Å². The molecule has 1 heterocycles. The molecule has 0 radical (unpaired) electrons. The average molecular weight is 520 g/mol. The standard InChI is InChI=1S/C40H25N/c1-2-14-28(15-3-1)37-31-18-8-10-20-33(31)40(34-21-11-9-19-32(34)37)41-36-25-23-26-12-4-6-16-29(26)38(36)35-24-22-27-13-5-7-17-30(27)39(35)41/h1-25H. The van der Waals surface area contributed by atoms with Gasteiger partial charge in [0.25, 0.3) is 0 Å². The predicted octanol–water partition coefficient (Wildman–Crippen LogP) is 11.1. The fourth-order valence-corrected chi connectivity index (χ4v) is 7.04. The first kappa shape index (κ1) is 22.4. The number of nitrogens with zero attached hydrogens (tertiary/aromatic N) is 1. The number of fused-ring (bicyclic) bond motifs is 9. The Morgan fingerprint density at radius 2 is 0.854 bits per heavy atom. The van der Waals surface area contributed by atoms with E-state index in [4.69, 9.17) is 0 Å². The van der Waals surface area contributed by atoms with Gasteiger partial charge in [-0.15, -0.1) is 0 Å². The van der Waals surface area contributed by atoms with Crippen LogP contribution in [0.15, 0.2) is 152 Å². The Morgan fingerprint density at radius 3 is 1.54 bits per heavy atom. The van der Waals surface area contributed by atoms with Crippen LogP contribution in [-0.4, -0.2) is 4.57 Å². The molecule has 1 nitrogen and oxygen atoms in total. The Kier molecular flexibility index (Phi) is 4.67. The molecule has 0 bridgehead atoms. The van der Waals surface area contributed by atoms with Crippen LogP contribution in [0.1, 0.15) is 0 Å². The first-order valence-electron chi connectivity index (χ1n) is 14.2. The Balaban J connectivity index is 1.58. The van der Waals surface area contributed by atoms with Crippen molar-refractivity contribution in [3.8, 4) is 16.8 Å². The van der Waals surface area contributed by atoms with Crippen LogP contribution < -0.4 is 0 Å². The van der Waals surface area contributed by atoms with E-state index in [2.05, 4.69) is 156 Å². The first-order chi connectivity index (χ1) is 20.4. The highest BCUT2D eigenvalue weighted by Gasteiger charge is 2.22. The SMILES string of the molecule is c1ccc(-c2c3ccccc3c(-n3c4ccc5ccccc5c4c4ccc5ccccc5c43)c3ccccc23)cc1. The molecule has 0 amide bonds. The average Bonchev–Trinajstić information content (AvgIpc) is 3.39. The molecule has 0 atom stereocenters. The molecule has 190 valence electrons. The maximum atomic E-state index is 2.55. The number of hydrogen-bond acceptors (Lipinski definition) is 0. The van der Waals surface area contributed by atoms with E-state index in [1.807, 2.05) is 0 Å². The highest BCUT2D eigenvalue weighted by Crippen LogP contribution is 2.46. The first-order valence-corrected chi connectivity index (χ1v) is 14.2. The molecule has 1 heteroatoms. The van der Waals surface area contributed by atoms with Crippen LogP contribution >= 0.6 is 0 Å². The van der Waals surface area contributed by atoms with Gasteiger partial charge in [-0.1, -0.05) is 146 Å². The van der Waals surface area contributed by atoms with Crippen LogP contribution in [0.2, 0.25) is 0 Å². The predicted molar refractivity (Wildman–Crippen MR) is 176 cm³/mol. The van der Waals surface area contributed by atoms with Crippen molar-refractivity contribution in [2.24, 2.45) is 0 Å². The largest absolute Gasteiger partial charge is 0.307 e. The van der Waals surface area contributed by atoms with Gasteiger partial charge < -0.3 is 4.57 Å². The third kappa shape index (κ3) is 3.12. The van der Waals surface area contributed by atoms with E-state index >= 15 is 0 Å². The lowest BCUT2D eigenvalue weighted by molar-refractivity contribution is 1.22. The van der Waals surface area contributed by atoms with Gasteiger partial charge in [-0.25, -0.2) is 0 Å². The zero-order chi connectivity index (χ0) is 26.9. The molecule has 0 aliphatic carbocycles.